The minimum absolute atomic E-state index is 0.00606. The number of esters is 1. The van der Waals surface area contributed by atoms with Gasteiger partial charge in [0.2, 0.25) is 5.82 Å². The van der Waals surface area contributed by atoms with Crippen LogP contribution in [0.2, 0.25) is 0 Å². The molecule has 0 fully saturated rings. The number of carbonyl (C=O) groups excluding carboxylic acids is 1. The summed E-state index contributed by atoms with van der Waals surface area (Å²) in [5.74, 6) is -8.78. The smallest absolute Gasteiger partial charge is 0.308 e. The molecule has 0 aliphatic carbocycles. The number of benzene rings is 2. The van der Waals surface area contributed by atoms with Gasteiger partial charge in [0.15, 0.2) is 23.3 Å². The molecule has 0 bridgehead atoms. The molecule has 2 aromatic rings. The van der Waals surface area contributed by atoms with E-state index in [2.05, 4.69) is 44.2 Å². The fourth-order valence-electron chi connectivity index (χ4n) is 2.74. The molecule has 10 heteroatoms. The SMILES string of the molecule is CCC(C)=N.CCC(C)C(=O)OCCN.CCC(C)c1c(F)c(F)c(F)c(F)c1F.CCC(C)c1ccccc1.CCCl. The number of hydrogen-bond donors (Lipinski definition) is 2. The van der Waals surface area contributed by atoms with Crippen LogP contribution in [-0.2, 0) is 9.53 Å². The van der Waals surface area contributed by atoms with Crippen LogP contribution in [0, 0.1) is 40.4 Å². The highest BCUT2D eigenvalue weighted by Crippen LogP contribution is 2.30. The number of hydrogen-bond acceptors (Lipinski definition) is 4. The van der Waals surface area contributed by atoms with E-state index in [0.29, 0.717) is 25.5 Å². The van der Waals surface area contributed by atoms with E-state index in [1.807, 2.05) is 27.7 Å². The lowest BCUT2D eigenvalue weighted by Crippen LogP contribution is -2.18. The van der Waals surface area contributed by atoms with Crippen molar-refractivity contribution in [2.45, 2.75) is 99.8 Å². The summed E-state index contributed by atoms with van der Waals surface area (Å²) in [6.07, 6.45) is 3.23. The lowest BCUT2D eigenvalue weighted by atomic mass is 9.97. The van der Waals surface area contributed by atoms with Gasteiger partial charge in [0, 0.05) is 23.7 Å². The molecule has 4 nitrogen and oxygen atoms in total. The molecule has 0 heterocycles. The van der Waals surface area contributed by atoms with Crippen LogP contribution < -0.4 is 5.73 Å². The van der Waals surface area contributed by atoms with Crippen molar-refractivity contribution in [2.75, 3.05) is 19.0 Å². The van der Waals surface area contributed by atoms with Crippen LogP contribution in [0.15, 0.2) is 30.3 Å². The summed E-state index contributed by atoms with van der Waals surface area (Å²) in [4.78, 5) is 10.9. The van der Waals surface area contributed by atoms with E-state index >= 15 is 0 Å². The van der Waals surface area contributed by atoms with Crippen LogP contribution in [0.4, 0.5) is 22.0 Å². The van der Waals surface area contributed by atoms with Gasteiger partial charge in [-0.3, -0.25) is 4.79 Å². The van der Waals surface area contributed by atoms with Gasteiger partial charge in [-0.05, 0) is 50.0 Å². The number of nitrogens with one attached hydrogen (secondary N) is 1. The number of nitrogens with two attached hydrogens (primary N) is 1. The predicted molar refractivity (Wildman–Crippen MR) is 170 cm³/mol. The highest BCUT2D eigenvalue weighted by atomic mass is 35.5. The number of halogens is 6. The third-order valence-electron chi connectivity index (χ3n) is 6.24. The fraction of sp³-hybridized carbons (Fsp3) is 0.576. The van der Waals surface area contributed by atoms with E-state index < -0.39 is 40.6 Å². The van der Waals surface area contributed by atoms with Gasteiger partial charge in [-0.25, -0.2) is 22.0 Å². The molecule has 0 saturated carbocycles. The second-order valence-corrected chi connectivity index (χ2v) is 10.2. The Balaban J connectivity index is -0.000000507. The van der Waals surface area contributed by atoms with Crippen molar-refractivity contribution in [3.63, 3.8) is 0 Å². The zero-order chi connectivity index (χ0) is 34.1. The van der Waals surface area contributed by atoms with Crippen molar-refractivity contribution in [2.24, 2.45) is 11.7 Å². The minimum atomic E-state index is -2.11. The van der Waals surface area contributed by atoms with Crippen LogP contribution >= 0.6 is 11.6 Å². The summed E-state index contributed by atoms with van der Waals surface area (Å²) in [6.45, 7) is 17.7. The summed E-state index contributed by atoms with van der Waals surface area (Å²) in [7, 11) is 0. The van der Waals surface area contributed by atoms with Gasteiger partial charge < -0.3 is 15.9 Å². The molecule has 0 aliphatic rings. The van der Waals surface area contributed by atoms with E-state index in [9.17, 15) is 26.7 Å². The van der Waals surface area contributed by atoms with Crippen LogP contribution in [0.25, 0.3) is 0 Å². The molecule has 43 heavy (non-hydrogen) atoms. The minimum Gasteiger partial charge on any atom is -0.464 e. The molecule has 0 spiro atoms. The van der Waals surface area contributed by atoms with Gasteiger partial charge in [-0.15, -0.1) is 11.6 Å². The van der Waals surface area contributed by atoms with Gasteiger partial charge in [0.05, 0.1) is 5.92 Å². The van der Waals surface area contributed by atoms with Crippen molar-refractivity contribution in [1.82, 2.24) is 0 Å². The Hall–Kier alpha value is -2.52. The zero-order valence-corrected chi connectivity index (χ0v) is 28.0. The molecule has 0 aromatic heterocycles. The topological polar surface area (TPSA) is 76.2 Å². The van der Waals surface area contributed by atoms with Gasteiger partial charge in [0.25, 0.3) is 0 Å². The maximum atomic E-state index is 13.1. The summed E-state index contributed by atoms with van der Waals surface area (Å²) in [6, 6.07) is 10.6. The van der Waals surface area contributed by atoms with Crippen LogP contribution in [0.5, 0.6) is 0 Å². The molecule has 0 aliphatic heterocycles. The van der Waals surface area contributed by atoms with Gasteiger partial charge >= 0.3 is 5.97 Å². The van der Waals surface area contributed by atoms with E-state index in [4.69, 9.17) is 27.5 Å². The Kier molecular flexibility index (Phi) is 28.3. The molecule has 0 radical (unpaired) electrons. The number of alkyl halides is 1. The van der Waals surface area contributed by atoms with Crippen molar-refractivity contribution >= 4 is 23.3 Å². The largest absolute Gasteiger partial charge is 0.464 e. The normalized spacial score (nSPS) is 11.8. The third-order valence-corrected chi connectivity index (χ3v) is 6.24. The van der Waals surface area contributed by atoms with Crippen molar-refractivity contribution in [3.8, 4) is 0 Å². The first kappa shape index (κ1) is 44.9. The average Bonchev–Trinajstić information content (AvgIpc) is 3.02. The Labute approximate surface area is 261 Å². The molecule has 248 valence electrons. The lowest BCUT2D eigenvalue weighted by Gasteiger charge is -2.12. The Morgan fingerprint density at radius 1 is 0.814 bits per heavy atom. The highest BCUT2D eigenvalue weighted by Gasteiger charge is 2.27. The molecule has 3 N–H and O–H groups in total. The lowest BCUT2D eigenvalue weighted by molar-refractivity contribution is -0.147. The van der Waals surface area contributed by atoms with Crippen LogP contribution in [-0.4, -0.2) is 30.7 Å². The van der Waals surface area contributed by atoms with Gasteiger partial charge in [-0.1, -0.05) is 85.7 Å². The monoisotopic (exact) mass is 638 g/mol. The first-order chi connectivity index (χ1) is 20.2. The number of carbonyl (C=O) groups is 1. The molecule has 2 rings (SSSR count). The first-order valence-electron chi connectivity index (χ1n) is 14.7. The van der Waals surface area contributed by atoms with Crippen molar-refractivity contribution < 1.29 is 31.5 Å². The summed E-state index contributed by atoms with van der Waals surface area (Å²) < 4.78 is 69.1. The quantitative estimate of drug-likeness (QED) is 0.0716. The maximum absolute atomic E-state index is 13.1. The molecule has 0 amide bonds. The van der Waals surface area contributed by atoms with E-state index in [1.54, 1.807) is 13.8 Å². The molecule has 3 atom stereocenters. The second-order valence-electron chi connectivity index (χ2n) is 9.68. The summed E-state index contributed by atoms with van der Waals surface area (Å²) >= 11 is 5.00. The molecular formula is C33H52ClF5N2O2. The molecule has 0 saturated heterocycles. The van der Waals surface area contributed by atoms with E-state index in [-0.39, 0.29) is 11.9 Å². The molecular weight excluding hydrogens is 587 g/mol. The van der Waals surface area contributed by atoms with E-state index in [1.165, 1.54) is 18.9 Å². The number of rotatable bonds is 9. The average molecular weight is 639 g/mol. The molecule has 2 aromatic carbocycles. The van der Waals surface area contributed by atoms with Gasteiger partial charge in [0.1, 0.15) is 6.61 Å². The standard InChI is InChI=1S/C10H9F5.C10H14.C7H15NO2.C4H9N.C2H5Cl/c1-3-4(2)5-6(11)8(13)10(15)9(14)7(5)12;1-3-9(2)10-7-5-4-6-8-10;1-3-6(2)7(9)10-5-4-8;1-3-4(2)5;1-2-3/h4H,3H2,1-2H3;4-9H,3H2,1-2H3;6H,3-5,8H2,1-2H3;5H,3H2,1-2H3;2H2,1H3. The Morgan fingerprint density at radius 2 is 1.21 bits per heavy atom. The van der Waals surface area contributed by atoms with E-state index in [0.717, 1.165) is 24.4 Å². The Morgan fingerprint density at radius 3 is 1.53 bits per heavy atom. The van der Waals surface area contributed by atoms with Crippen molar-refractivity contribution in [3.05, 3.63) is 70.5 Å². The van der Waals surface area contributed by atoms with Crippen LogP contribution in [0.3, 0.4) is 0 Å². The maximum Gasteiger partial charge on any atom is 0.308 e. The summed E-state index contributed by atoms with van der Waals surface area (Å²) in [5, 5.41) is 6.74. The summed E-state index contributed by atoms with van der Waals surface area (Å²) in [5.41, 5.74) is 6.60. The zero-order valence-electron chi connectivity index (χ0n) is 27.2. The first-order valence-corrected chi connectivity index (χ1v) is 15.2. The van der Waals surface area contributed by atoms with Crippen LogP contribution in [0.1, 0.15) is 111 Å². The third kappa shape index (κ3) is 19.4. The highest BCUT2D eigenvalue weighted by molar-refractivity contribution is 6.17. The second kappa shape index (κ2) is 27.1. The van der Waals surface area contributed by atoms with Crippen molar-refractivity contribution in [1.29, 1.82) is 5.41 Å². The molecule has 3 unspecified atom stereocenters. The fourth-order valence-corrected chi connectivity index (χ4v) is 2.74. The number of ether oxygens (including phenoxy) is 1. The Bertz CT molecular complexity index is 997. The van der Waals surface area contributed by atoms with Gasteiger partial charge in [-0.2, -0.15) is 0 Å². The predicted octanol–water partition coefficient (Wildman–Crippen LogP) is 10.3.